The average molecular weight is 1060 g/mol. The molecule has 6 heteroatoms. The van der Waals surface area contributed by atoms with Gasteiger partial charge in [0.2, 0.25) is 0 Å². The Balaban J connectivity index is 4.28. The number of hydrogen-bond acceptors (Lipinski definition) is 6. The van der Waals surface area contributed by atoms with Crippen LogP contribution in [0.15, 0.2) is 24.3 Å². The van der Waals surface area contributed by atoms with Gasteiger partial charge < -0.3 is 14.2 Å². The van der Waals surface area contributed by atoms with Gasteiger partial charge in [-0.25, -0.2) is 0 Å². The highest BCUT2D eigenvalue weighted by Crippen LogP contribution is 2.18. The first-order valence-corrected chi connectivity index (χ1v) is 33.8. The van der Waals surface area contributed by atoms with Crippen molar-refractivity contribution in [2.75, 3.05) is 13.2 Å². The fourth-order valence-electron chi connectivity index (χ4n) is 10.3. The van der Waals surface area contributed by atoms with Gasteiger partial charge in [-0.05, 0) is 70.6 Å². The molecule has 442 valence electrons. The van der Waals surface area contributed by atoms with Crippen molar-refractivity contribution < 1.29 is 28.6 Å². The van der Waals surface area contributed by atoms with Crippen LogP contribution in [0, 0.1) is 0 Å². The zero-order chi connectivity index (χ0) is 54.3. The van der Waals surface area contributed by atoms with Gasteiger partial charge in [0.15, 0.2) is 6.10 Å². The van der Waals surface area contributed by atoms with Crippen LogP contribution in [0.5, 0.6) is 0 Å². The fraction of sp³-hybridized carbons (Fsp3) is 0.899. The van der Waals surface area contributed by atoms with Crippen molar-refractivity contribution in [3.05, 3.63) is 24.3 Å². The minimum Gasteiger partial charge on any atom is -0.462 e. The summed E-state index contributed by atoms with van der Waals surface area (Å²) >= 11 is 0. The summed E-state index contributed by atoms with van der Waals surface area (Å²) in [5.41, 5.74) is 0. The number of ether oxygens (including phenoxy) is 3. The highest BCUT2D eigenvalue weighted by atomic mass is 16.6. The Labute approximate surface area is 468 Å². The number of esters is 3. The molecule has 0 amide bonds. The quantitative estimate of drug-likeness (QED) is 0.0261. The lowest BCUT2D eigenvalue weighted by atomic mass is 10.0. The van der Waals surface area contributed by atoms with E-state index >= 15 is 0 Å². The van der Waals surface area contributed by atoms with Crippen LogP contribution in [0.2, 0.25) is 0 Å². The van der Waals surface area contributed by atoms with Crippen LogP contribution in [-0.2, 0) is 28.6 Å². The standard InChI is InChI=1S/C69H130O6/c1-4-7-10-13-16-19-22-25-28-30-32-33-34-35-37-38-41-44-47-50-53-56-59-62-68(71)74-65-66(64-73-67(70)61-58-55-52-49-46-43-40-27-24-21-18-15-12-9-6-3)75-69(72)63-60-57-54-51-48-45-42-39-36-31-29-26-23-20-17-14-11-8-5-2/h27,30,32,40,66H,4-26,28-29,31,33-39,41-65H2,1-3H3/b32-30-,40-27-. The summed E-state index contributed by atoms with van der Waals surface area (Å²) in [5.74, 6) is -0.849. The van der Waals surface area contributed by atoms with E-state index in [-0.39, 0.29) is 31.1 Å². The number of allylic oxidation sites excluding steroid dienone is 4. The maximum atomic E-state index is 12.9. The normalized spacial score (nSPS) is 12.1. The zero-order valence-electron chi connectivity index (χ0n) is 50.8. The summed E-state index contributed by atoms with van der Waals surface area (Å²) in [7, 11) is 0. The molecule has 0 radical (unpaired) electrons. The van der Waals surface area contributed by atoms with E-state index in [2.05, 4.69) is 45.1 Å². The molecule has 1 unspecified atom stereocenters. The Hall–Kier alpha value is -2.11. The number of carbonyl (C=O) groups is 3. The first-order valence-electron chi connectivity index (χ1n) is 33.8. The molecule has 0 aliphatic heterocycles. The molecular formula is C69H130O6. The molecule has 0 aliphatic rings. The van der Waals surface area contributed by atoms with Crippen molar-refractivity contribution in [3.63, 3.8) is 0 Å². The van der Waals surface area contributed by atoms with E-state index in [0.717, 1.165) is 64.2 Å². The van der Waals surface area contributed by atoms with Gasteiger partial charge in [0.25, 0.3) is 0 Å². The molecule has 0 aliphatic carbocycles. The van der Waals surface area contributed by atoms with Gasteiger partial charge in [0.1, 0.15) is 13.2 Å². The van der Waals surface area contributed by atoms with E-state index in [9.17, 15) is 14.4 Å². The van der Waals surface area contributed by atoms with E-state index in [0.29, 0.717) is 19.3 Å². The number of rotatable bonds is 63. The predicted octanol–water partition coefficient (Wildman–Crippen LogP) is 23.0. The molecule has 0 heterocycles. The Morgan fingerprint density at radius 1 is 0.253 bits per heavy atom. The van der Waals surface area contributed by atoms with Crippen LogP contribution in [0.25, 0.3) is 0 Å². The lowest BCUT2D eigenvalue weighted by Crippen LogP contribution is -2.30. The Morgan fingerprint density at radius 3 is 0.667 bits per heavy atom. The van der Waals surface area contributed by atoms with Gasteiger partial charge in [0, 0.05) is 19.3 Å². The first-order chi connectivity index (χ1) is 37.0. The van der Waals surface area contributed by atoms with Crippen LogP contribution in [0.3, 0.4) is 0 Å². The average Bonchev–Trinajstić information content (AvgIpc) is 3.41. The third-order valence-corrected chi connectivity index (χ3v) is 15.4. The molecule has 0 bridgehead atoms. The fourth-order valence-corrected chi connectivity index (χ4v) is 10.3. The molecular weight excluding hydrogens is 925 g/mol. The van der Waals surface area contributed by atoms with Gasteiger partial charge in [-0.3, -0.25) is 14.4 Å². The Morgan fingerprint density at radius 2 is 0.440 bits per heavy atom. The first kappa shape index (κ1) is 72.9. The molecule has 0 aromatic rings. The van der Waals surface area contributed by atoms with Crippen LogP contribution in [0.4, 0.5) is 0 Å². The molecule has 0 aromatic carbocycles. The topological polar surface area (TPSA) is 78.9 Å². The van der Waals surface area contributed by atoms with Gasteiger partial charge in [0.05, 0.1) is 0 Å². The number of hydrogen-bond donors (Lipinski definition) is 0. The molecule has 6 nitrogen and oxygen atoms in total. The molecule has 0 spiro atoms. The monoisotopic (exact) mass is 1050 g/mol. The van der Waals surface area contributed by atoms with Crippen molar-refractivity contribution in [1.82, 2.24) is 0 Å². The van der Waals surface area contributed by atoms with Crippen molar-refractivity contribution in [2.24, 2.45) is 0 Å². The van der Waals surface area contributed by atoms with Crippen LogP contribution in [0.1, 0.15) is 380 Å². The lowest BCUT2D eigenvalue weighted by molar-refractivity contribution is -0.167. The predicted molar refractivity (Wildman–Crippen MR) is 326 cm³/mol. The minimum atomic E-state index is -0.772. The molecule has 75 heavy (non-hydrogen) atoms. The summed E-state index contributed by atoms with van der Waals surface area (Å²) in [5, 5.41) is 0. The molecule has 0 fully saturated rings. The van der Waals surface area contributed by atoms with Crippen molar-refractivity contribution in [1.29, 1.82) is 0 Å². The van der Waals surface area contributed by atoms with Gasteiger partial charge in [-0.2, -0.15) is 0 Å². The summed E-state index contributed by atoms with van der Waals surface area (Å²) in [6.07, 6.45) is 77.6. The van der Waals surface area contributed by atoms with Crippen molar-refractivity contribution in [3.8, 4) is 0 Å². The van der Waals surface area contributed by atoms with E-state index in [1.54, 1.807) is 0 Å². The summed E-state index contributed by atoms with van der Waals surface area (Å²) in [6, 6.07) is 0. The summed E-state index contributed by atoms with van der Waals surface area (Å²) in [6.45, 7) is 6.70. The van der Waals surface area contributed by atoms with Crippen molar-refractivity contribution in [2.45, 2.75) is 386 Å². The largest absolute Gasteiger partial charge is 0.462 e. The highest BCUT2D eigenvalue weighted by molar-refractivity contribution is 5.71. The van der Waals surface area contributed by atoms with Crippen LogP contribution in [-0.4, -0.2) is 37.2 Å². The second-order valence-electron chi connectivity index (χ2n) is 23.1. The van der Waals surface area contributed by atoms with Gasteiger partial charge in [-0.15, -0.1) is 0 Å². The van der Waals surface area contributed by atoms with Crippen molar-refractivity contribution >= 4 is 17.9 Å². The lowest BCUT2D eigenvalue weighted by Gasteiger charge is -2.18. The molecule has 0 aromatic heterocycles. The third kappa shape index (κ3) is 62.6. The molecule has 0 rings (SSSR count). The molecule has 0 saturated carbocycles. The SMILES string of the molecule is CCCCCCCC/C=C\CCCCCCCC(=O)OCC(COC(=O)CCCCCCCCCCCCC/C=C\CCCCCCCCCC)OC(=O)CCCCCCCCCCCCCCCCCCCCC. The Kier molecular flexibility index (Phi) is 62.6. The summed E-state index contributed by atoms with van der Waals surface area (Å²) in [4.78, 5) is 38.4. The smallest absolute Gasteiger partial charge is 0.306 e. The maximum absolute atomic E-state index is 12.9. The van der Waals surface area contributed by atoms with Crippen LogP contribution >= 0.6 is 0 Å². The maximum Gasteiger partial charge on any atom is 0.306 e. The minimum absolute atomic E-state index is 0.0689. The molecule has 0 N–H and O–H groups in total. The second kappa shape index (κ2) is 64.4. The van der Waals surface area contributed by atoms with E-state index in [1.165, 1.54) is 276 Å². The highest BCUT2D eigenvalue weighted by Gasteiger charge is 2.19. The van der Waals surface area contributed by atoms with E-state index in [4.69, 9.17) is 14.2 Å². The summed E-state index contributed by atoms with van der Waals surface area (Å²) < 4.78 is 17.0. The van der Waals surface area contributed by atoms with E-state index in [1.807, 2.05) is 0 Å². The van der Waals surface area contributed by atoms with Gasteiger partial charge in [-0.1, -0.05) is 315 Å². The Bertz CT molecular complexity index is 1210. The zero-order valence-corrected chi connectivity index (χ0v) is 50.8. The molecule has 0 saturated heterocycles. The number of unbranched alkanes of at least 4 members (excludes halogenated alkanes) is 48. The van der Waals surface area contributed by atoms with Gasteiger partial charge >= 0.3 is 17.9 Å². The second-order valence-corrected chi connectivity index (χ2v) is 23.1. The number of carbonyl (C=O) groups excluding carboxylic acids is 3. The molecule has 1 atom stereocenters. The van der Waals surface area contributed by atoms with E-state index < -0.39 is 6.10 Å². The van der Waals surface area contributed by atoms with Crippen LogP contribution < -0.4 is 0 Å². The third-order valence-electron chi connectivity index (χ3n) is 15.4.